The van der Waals surface area contributed by atoms with Gasteiger partial charge in [0.15, 0.2) is 5.96 Å². The zero-order valence-electron chi connectivity index (χ0n) is 17.9. The Labute approximate surface area is 178 Å². The summed E-state index contributed by atoms with van der Waals surface area (Å²) < 4.78 is 18.9. The molecule has 0 amide bonds. The summed E-state index contributed by atoms with van der Waals surface area (Å²) in [5.41, 5.74) is 8.35. The van der Waals surface area contributed by atoms with Crippen LogP contribution in [0.15, 0.2) is 53.5 Å². The van der Waals surface area contributed by atoms with Crippen LogP contribution >= 0.6 is 0 Å². The van der Waals surface area contributed by atoms with Gasteiger partial charge >= 0.3 is 0 Å². The van der Waals surface area contributed by atoms with E-state index in [0.717, 1.165) is 56.1 Å². The summed E-state index contributed by atoms with van der Waals surface area (Å²) in [6.07, 6.45) is 1.00. The third kappa shape index (κ3) is 6.62. The van der Waals surface area contributed by atoms with E-state index in [1.807, 2.05) is 36.4 Å². The molecule has 0 spiro atoms. The van der Waals surface area contributed by atoms with Crippen molar-refractivity contribution >= 4 is 11.6 Å². The first-order chi connectivity index (χ1) is 14.5. The Hall–Kier alpha value is -2.80. The molecule has 0 bridgehead atoms. The fourth-order valence-corrected chi connectivity index (χ4v) is 3.38. The maximum absolute atomic E-state index is 13.1. The summed E-state index contributed by atoms with van der Waals surface area (Å²) in [4.78, 5) is 11.0. The summed E-state index contributed by atoms with van der Waals surface area (Å²) in [6.45, 7) is 5.55. The van der Waals surface area contributed by atoms with Crippen molar-refractivity contribution in [3.8, 4) is 5.75 Å². The number of nitrogens with two attached hydrogens (primary N) is 1. The standard InChI is InChI=1S/C23H32FN5O/c1-27(2)12-3-17-30-22-10-4-19(5-11-22)18-26-23(25)29-15-13-28(14-16-29)21-8-6-20(24)7-9-21/h4-11H,3,12-18H2,1-2H3,(H2,25,26). The molecule has 0 saturated carbocycles. The minimum atomic E-state index is -0.210. The predicted octanol–water partition coefficient (Wildman–Crippen LogP) is 2.79. The molecule has 2 aromatic rings. The SMILES string of the molecule is CN(C)CCCOc1ccc(CN=C(N)N2CCN(c3ccc(F)cc3)CC2)cc1. The molecule has 7 heteroatoms. The molecule has 1 saturated heterocycles. The normalized spacial score (nSPS) is 15.0. The van der Waals surface area contributed by atoms with E-state index in [9.17, 15) is 4.39 Å². The highest BCUT2D eigenvalue weighted by atomic mass is 19.1. The van der Waals surface area contributed by atoms with Crippen molar-refractivity contribution in [1.82, 2.24) is 9.80 Å². The van der Waals surface area contributed by atoms with Crippen LogP contribution in [-0.4, -0.2) is 69.2 Å². The van der Waals surface area contributed by atoms with Crippen molar-refractivity contribution in [2.24, 2.45) is 10.7 Å². The number of benzene rings is 2. The lowest BCUT2D eigenvalue weighted by atomic mass is 10.2. The lowest BCUT2D eigenvalue weighted by molar-refractivity contribution is 0.281. The van der Waals surface area contributed by atoms with Gasteiger partial charge in [-0.05, 0) is 62.5 Å². The molecule has 162 valence electrons. The van der Waals surface area contributed by atoms with E-state index in [-0.39, 0.29) is 5.82 Å². The van der Waals surface area contributed by atoms with Gasteiger partial charge in [-0.2, -0.15) is 0 Å². The largest absolute Gasteiger partial charge is 0.494 e. The molecule has 30 heavy (non-hydrogen) atoms. The molecular weight excluding hydrogens is 381 g/mol. The predicted molar refractivity (Wildman–Crippen MR) is 121 cm³/mol. The Bertz CT molecular complexity index is 799. The second-order valence-electron chi connectivity index (χ2n) is 7.77. The fraction of sp³-hybridized carbons (Fsp3) is 0.435. The number of halogens is 1. The average molecular weight is 414 g/mol. The van der Waals surface area contributed by atoms with Gasteiger partial charge in [-0.15, -0.1) is 0 Å². The van der Waals surface area contributed by atoms with Crippen molar-refractivity contribution in [1.29, 1.82) is 0 Å². The molecule has 0 radical (unpaired) electrons. The number of ether oxygens (including phenoxy) is 1. The van der Waals surface area contributed by atoms with E-state index in [0.29, 0.717) is 19.1 Å². The van der Waals surface area contributed by atoms with Crippen LogP contribution in [0.3, 0.4) is 0 Å². The molecular formula is C23H32FN5O. The van der Waals surface area contributed by atoms with E-state index in [2.05, 4.69) is 33.8 Å². The Kier molecular flexibility index (Phi) is 7.90. The van der Waals surface area contributed by atoms with Crippen molar-refractivity contribution in [3.63, 3.8) is 0 Å². The van der Waals surface area contributed by atoms with Crippen molar-refractivity contribution in [2.75, 3.05) is 58.3 Å². The molecule has 3 rings (SSSR count). The van der Waals surface area contributed by atoms with Gasteiger partial charge in [0.05, 0.1) is 13.2 Å². The zero-order valence-corrected chi connectivity index (χ0v) is 17.9. The summed E-state index contributed by atoms with van der Waals surface area (Å²) in [7, 11) is 4.12. The van der Waals surface area contributed by atoms with Crippen LogP contribution in [0, 0.1) is 5.82 Å². The number of guanidine groups is 1. The van der Waals surface area contributed by atoms with Crippen LogP contribution in [0.5, 0.6) is 5.75 Å². The minimum Gasteiger partial charge on any atom is -0.494 e. The first-order valence-corrected chi connectivity index (χ1v) is 10.4. The second kappa shape index (κ2) is 10.8. The van der Waals surface area contributed by atoms with Crippen molar-refractivity contribution in [3.05, 3.63) is 59.9 Å². The minimum absolute atomic E-state index is 0.210. The van der Waals surface area contributed by atoms with E-state index < -0.39 is 0 Å². The van der Waals surface area contributed by atoms with Crippen LogP contribution in [0.4, 0.5) is 10.1 Å². The number of rotatable bonds is 8. The maximum Gasteiger partial charge on any atom is 0.191 e. The monoisotopic (exact) mass is 413 g/mol. The topological polar surface area (TPSA) is 57.3 Å². The van der Waals surface area contributed by atoms with E-state index >= 15 is 0 Å². The van der Waals surface area contributed by atoms with E-state index in [1.54, 1.807) is 0 Å². The molecule has 0 aliphatic carbocycles. The van der Waals surface area contributed by atoms with Gasteiger partial charge in [-0.1, -0.05) is 12.1 Å². The highest BCUT2D eigenvalue weighted by Crippen LogP contribution is 2.17. The molecule has 0 aromatic heterocycles. The highest BCUT2D eigenvalue weighted by molar-refractivity contribution is 5.78. The number of nitrogens with zero attached hydrogens (tertiary/aromatic N) is 4. The van der Waals surface area contributed by atoms with Crippen LogP contribution in [0.2, 0.25) is 0 Å². The average Bonchev–Trinajstić information content (AvgIpc) is 2.76. The molecule has 2 N–H and O–H groups in total. The van der Waals surface area contributed by atoms with Gasteiger partial charge in [0.2, 0.25) is 0 Å². The van der Waals surface area contributed by atoms with Gasteiger partial charge in [0, 0.05) is 38.4 Å². The third-order valence-corrected chi connectivity index (χ3v) is 5.16. The van der Waals surface area contributed by atoms with Crippen molar-refractivity contribution < 1.29 is 9.13 Å². The lowest BCUT2D eigenvalue weighted by Crippen LogP contribution is -2.51. The molecule has 1 fully saturated rings. The van der Waals surface area contributed by atoms with Crippen molar-refractivity contribution in [2.45, 2.75) is 13.0 Å². The number of aliphatic imine (C=N–C) groups is 1. The summed E-state index contributed by atoms with van der Waals surface area (Å²) in [5, 5.41) is 0. The van der Waals surface area contributed by atoms with Gasteiger partial charge < -0.3 is 25.2 Å². The third-order valence-electron chi connectivity index (χ3n) is 5.16. The second-order valence-corrected chi connectivity index (χ2v) is 7.77. The maximum atomic E-state index is 13.1. The van der Waals surface area contributed by atoms with Gasteiger partial charge in [-0.3, -0.25) is 0 Å². The smallest absolute Gasteiger partial charge is 0.191 e. The van der Waals surface area contributed by atoms with Crippen LogP contribution < -0.4 is 15.4 Å². The van der Waals surface area contributed by atoms with Crippen LogP contribution in [-0.2, 0) is 6.54 Å². The van der Waals surface area contributed by atoms with E-state index in [4.69, 9.17) is 10.5 Å². The Morgan fingerprint density at radius 1 is 1.03 bits per heavy atom. The number of hydrogen-bond acceptors (Lipinski definition) is 4. The summed E-state index contributed by atoms with van der Waals surface area (Å²) >= 11 is 0. The van der Waals surface area contributed by atoms with Crippen LogP contribution in [0.1, 0.15) is 12.0 Å². The molecule has 2 aromatic carbocycles. The Balaban J connectivity index is 1.43. The summed E-state index contributed by atoms with van der Waals surface area (Å²) in [6, 6.07) is 14.7. The van der Waals surface area contributed by atoms with Gasteiger partial charge in [0.25, 0.3) is 0 Å². The highest BCUT2D eigenvalue weighted by Gasteiger charge is 2.18. The fourth-order valence-electron chi connectivity index (χ4n) is 3.38. The Morgan fingerprint density at radius 2 is 1.70 bits per heavy atom. The first-order valence-electron chi connectivity index (χ1n) is 10.4. The quantitative estimate of drug-likeness (QED) is 0.410. The molecule has 1 aliphatic heterocycles. The summed E-state index contributed by atoms with van der Waals surface area (Å²) in [5.74, 6) is 1.24. The van der Waals surface area contributed by atoms with Gasteiger partial charge in [0.1, 0.15) is 11.6 Å². The number of anilines is 1. The number of piperazine rings is 1. The molecule has 0 atom stereocenters. The zero-order chi connectivity index (χ0) is 21.3. The molecule has 0 unspecified atom stereocenters. The number of hydrogen-bond donors (Lipinski definition) is 1. The lowest BCUT2D eigenvalue weighted by Gasteiger charge is -2.36. The molecule has 1 heterocycles. The van der Waals surface area contributed by atoms with Gasteiger partial charge in [-0.25, -0.2) is 9.38 Å². The Morgan fingerprint density at radius 3 is 2.33 bits per heavy atom. The van der Waals surface area contributed by atoms with Crippen LogP contribution in [0.25, 0.3) is 0 Å². The first kappa shape index (κ1) is 21.9. The van der Waals surface area contributed by atoms with E-state index in [1.165, 1.54) is 12.1 Å². The molecule has 1 aliphatic rings. The molecule has 6 nitrogen and oxygen atoms in total.